The monoisotopic (exact) mass is 286 g/mol. The lowest BCUT2D eigenvalue weighted by molar-refractivity contribution is -0.142. The summed E-state index contributed by atoms with van der Waals surface area (Å²) < 4.78 is 0. The van der Waals surface area contributed by atoms with Crippen molar-refractivity contribution in [1.29, 1.82) is 0 Å². The van der Waals surface area contributed by atoms with Crippen LogP contribution in [0.15, 0.2) is 0 Å². The summed E-state index contributed by atoms with van der Waals surface area (Å²) in [6, 6.07) is 0. The van der Waals surface area contributed by atoms with E-state index in [4.69, 9.17) is 5.11 Å². The number of nitrogens with zero attached hydrogens (tertiary/aromatic N) is 2. The Bertz CT molecular complexity index is 289. The quantitative estimate of drug-likeness (QED) is 0.631. The Hall–Kier alpha value is -1.10. The van der Waals surface area contributed by atoms with Crippen LogP contribution < -0.4 is 0 Å². The molecule has 0 radical (unpaired) electrons. The maximum absolute atomic E-state index is 12.3. The van der Waals surface area contributed by atoms with Crippen molar-refractivity contribution in [2.75, 3.05) is 32.7 Å². The minimum absolute atomic E-state index is 0.111. The van der Waals surface area contributed by atoms with E-state index in [0.29, 0.717) is 13.1 Å². The van der Waals surface area contributed by atoms with Gasteiger partial charge in [-0.05, 0) is 25.8 Å². The van der Waals surface area contributed by atoms with Gasteiger partial charge in [0.2, 0.25) is 5.91 Å². The lowest BCUT2D eigenvalue weighted by atomic mass is 10.1. The fourth-order valence-corrected chi connectivity index (χ4v) is 2.21. The minimum atomic E-state index is -0.808. The molecule has 1 amide bonds. The first-order chi connectivity index (χ1) is 9.46. The molecule has 1 atom stereocenters. The normalized spacial score (nSPS) is 12.4. The number of carboxylic acid groups (broad SMARTS) is 1. The average molecular weight is 286 g/mol. The van der Waals surface area contributed by atoms with Crippen molar-refractivity contribution in [1.82, 2.24) is 9.80 Å². The zero-order valence-corrected chi connectivity index (χ0v) is 13.4. The van der Waals surface area contributed by atoms with Gasteiger partial charge in [0.25, 0.3) is 0 Å². The molecule has 0 saturated heterocycles. The van der Waals surface area contributed by atoms with Crippen LogP contribution in [0.5, 0.6) is 0 Å². The number of carbonyl (C=O) groups excluding carboxylic acids is 1. The van der Waals surface area contributed by atoms with E-state index in [1.54, 1.807) is 6.92 Å². The van der Waals surface area contributed by atoms with Gasteiger partial charge in [0, 0.05) is 19.6 Å². The largest absolute Gasteiger partial charge is 0.481 e. The third-order valence-corrected chi connectivity index (χ3v) is 3.19. The van der Waals surface area contributed by atoms with Crippen molar-refractivity contribution in [3.05, 3.63) is 0 Å². The molecule has 1 N–H and O–H groups in total. The Labute approximate surface area is 122 Å². The molecule has 118 valence electrons. The predicted molar refractivity (Wildman–Crippen MR) is 80.7 cm³/mol. The second kappa shape index (κ2) is 10.7. The highest BCUT2D eigenvalue weighted by Crippen LogP contribution is 2.04. The second-order valence-corrected chi connectivity index (χ2v) is 5.36. The SMILES string of the molecule is CCCN(CC(=O)N(CCC)CCC)CC(C)C(=O)O. The van der Waals surface area contributed by atoms with Crippen LogP contribution in [0.2, 0.25) is 0 Å². The van der Waals surface area contributed by atoms with Crippen molar-refractivity contribution < 1.29 is 14.7 Å². The van der Waals surface area contributed by atoms with Crippen molar-refractivity contribution in [3.8, 4) is 0 Å². The molecular weight excluding hydrogens is 256 g/mol. The molecule has 0 aliphatic heterocycles. The van der Waals surface area contributed by atoms with Crippen LogP contribution in [0.25, 0.3) is 0 Å². The number of carboxylic acids is 1. The molecule has 0 fully saturated rings. The van der Waals surface area contributed by atoms with E-state index in [-0.39, 0.29) is 5.91 Å². The van der Waals surface area contributed by atoms with Crippen LogP contribution in [0, 0.1) is 5.92 Å². The third-order valence-electron chi connectivity index (χ3n) is 3.19. The van der Waals surface area contributed by atoms with Crippen LogP contribution in [-0.4, -0.2) is 59.5 Å². The number of amides is 1. The molecule has 0 spiro atoms. The fourth-order valence-electron chi connectivity index (χ4n) is 2.21. The second-order valence-electron chi connectivity index (χ2n) is 5.36. The molecule has 0 rings (SSSR count). The zero-order chi connectivity index (χ0) is 15.5. The first-order valence-electron chi connectivity index (χ1n) is 7.69. The summed E-state index contributed by atoms with van der Waals surface area (Å²) in [5.74, 6) is -1.14. The van der Waals surface area contributed by atoms with Crippen LogP contribution in [-0.2, 0) is 9.59 Å². The standard InChI is InChI=1S/C15H30N2O3/c1-5-8-16(11-13(4)15(19)20)12-14(18)17(9-6-2)10-7-3/h13H,5-12H2,1-4H3,(H,19,20). The Morgan fingerprint density at radius 1 is 1.00 bits per heavy atom. The van der Waals surface area contributed by atoms with E-state index in [1.807, 2.05) is 16.7 Å². The molecule has 0 aromatic rings. The van der Waals surface area contributed by atoms with E-state index in [1.165, 1.54) is 0 Å². The molecule has 5 nitrogen and oxygen atoms in total. The molecule has 0 aliphatic carbocycles. The highest BCUT2D eigenvalue weighted by Gasteiger charge is 2.20. The number of hydrogen-bond donors (Lipinski definition) is 1. The predicted octanol–water partition coefficient (Wildman–Crippen LogP) is 2.07. The summed E-state index contributed by atoms with van der Waals surface area (Å²) >= 11 is 0. The smallest absolute Gasteiger partial charge is 0.307 e. The van der Waals surface area contributed by atoms with Crippen molar-refractivity contribution in [3.63, 3.8) is 0 Å². The van der Waals surface area contributed by atoms with Gasteiger partial charge in [-0.3, -0.25) is 14.5 Å². The molecule has 20 heavy (non-hydrogen) atoms. The van der Waals surface area contributed by atoms with Crippen molar-refractivity contribution >= 4 is 11.9 Å². The Balaban J connectivity index is 4.54. The van der Waals surface area contributed by atoms with Crippen LogP contribution >= 0.6 is 0 Å². The van der Waals surface area contributed by atoms with E-state index in [0.717, 1.165) is 38.9 Å². The number of rotatable bonds is 11. The zero-order valence-electron chi connectivity index (χ0n) is 13.4. The summed E-state index contributed by atoms with van der Waals surface area (Å²) in [6.45, 7) is 10.9. The van der Waals surface area contributed by atoms with E-state index in [2.05, 4.69) is 13.8 Å². The van der Waals surface area contributed by atoms with Crippen molar-refractivity contribution in [2.45, 2.75) is 47.0 Å². The van der Waals surface area contributed by atoms with Crippen LogP contribution in [0.1, 0.15) is 47.0 Å². The molecule has 0 heterocycles. The van der Waals surface area contributed by atoms with Gasteiger partial charge in [0.15, 0.2) is 0 Å². The van der Waals surface area contributed by atoms with Gasteiger partial charge in [-0.25, -0.2) is 0 Å². The van der Waals surface area contributed by atoms with Crippen molar-refractivity contribution in [2.24, 2.45) is 5.92 Å². The number of hydrogen-bond acceptors (Lipinski definition) is 3. The minimum Gasteiger partial charge on any atom is -0.481 e. The molecule has 1 unspecified atom stereocenters. The lowest BCUT2D eigenvalue weighted by Gasteiger charge is -2.27. The molecule has 0 bridgehead atoms. The lowest BCUT2D eigenvalue weighted by Crippen LogP contribution is -2.43. The van der Waals surface area contributed by atoms with Gasteiger partial charge < -0.3 is 10.0 Å². The Morgan fingerprint density at radius 3 is 1.90 bits per heavy atom. The molecule has 0 aromatic heterocycles. The first kappa shape index (κ1) is 18.9. The third kappa shape index (κ3) is 7.48. The maximum atomic E-state index is 12.3. The summed E-state index contributed by atoms with van der Waals surface area (Å²) in [7, 11) is 0. The van der Waals surface area contributed by atoms with Crippen LogP contribution in [0.3, 0.4) is 0 Å². The number of carbonyl (C=O) groups is 2. The van der Waals surface area contributed by atoms with Gasteiger partial charge in [0.05, 0.1) is 12.5 Å². The van der Waals surface area contributed by atoms with Crippen LogP contribution in [0.4, 0.5) is 0 Å². The summed E-state index contributed by atoms with van der Waals surface area (Å²) in [4.78, 5) is 27.1. The summed E-state index contributed by atoms with van der Waals surface area (Å²) in [5.41, 5.74) is 0. The topological polar surface area (TPSA) is 60.9 Å². The highest BCUT2D eigenvalue weighted by atomic mass is 16.4. The van der Waals surface area contributed by atoms with Gasteiger partial charge in [-0.15, -0.1) is 0 Å². The Morgan fingerprint density at radius 2 is 1.50 bits per heavy atom. The Kier molecular flexibility index (Phi) is 10.1. The summed E-state index contributed by atoms with van der Waals surface area (Å²) in [5, 5.41) is 8.99. The molecule has 0 aromatic carbocycles. The number of aliphatic carboxylic acids is 1. The molecule has 5 heteroatoms. The average Bonchev–Trinajstić information content (AvgIpc) is 2.38. The summed E-state index contributed by atoms with van der Waals surface area (Å²) in [6.07, 6.45) is 2.82. The maximum Gasteiger partial charge on any atom is 0.307 e. The van der Waals surface area contributed by atoms with Gasteiger partial charge >= 0.3 is 5.97 Å². The van der Waals surface area contributed by atoms with E-state index < -0.39 is 11.9 Å². The molecular formula is C15H30N2O3. The molecule has 0 aliphatic rings. The van der Waals surface area contributed by atoms with Gasteiger partial charge in [-0.2, -0.15) is 0 Å². The molecule has 0 saturated carbocycles. The van der Waals surface area contributed by atoms with Gasteiger partial charge in [0.1, 0.15) is 0 Å². The fraction of sp³-hybridized carbons (Fsp3) is 0.867. The van der Waals surface area contributed by atoms with E-state index in [9.17, 15) is 9.59 Å². The van der Waals surface area contributed by atoms with E-state index >= 15 is 0 Å². The first-order valence-corrected chi connectivity index (χ1v) is 7.69. The highest BCUT2D eigenvalue weighted by molar-refractivity contribution is 5.78. The van der Waals surface area contributed by atoms with Gasteiger partial charge in [-0.1, -0.05) is 27.7 Å².